The van der Waals surface area contributed by atoms with Crippen molar-refractivity contribution in [1.29, 1.82) is 0 Å². The molecule has 2 rings (SSSR count). The Labute approximate surface area is 104 Å². The van der Waals surface area contributed by atoms with Crippen LogP contribution in [0.3, 0.4) is 0 Å². The van der Waals surface area contributed by atoms with Crippen molar-refractivity contribution in [2.45, 2.75) is 39.0 Å². The molecule has 0 bridgehead atoms. The quantitative estimate of drug-likeness (QED) is 0.757. The lowest BCUT2D eigenvalue weighted by Gasteiger charge is -2.20. The van der Waals surface area contributed by atoms with Crippen LogP contribution in [0.2, 0.25) is 0 Å². The number of aromatic nitrogens is 1. The third kappa shape index (κ3) is 3.04. The summed E-state index contributed by atoms with van der Waals surface area (Å²) in [4.78, 5) is 5.80. The molecule has 1 saturated carbocycles. The number of rotatable bonds is 4. The summed E-state index contributed by atoms with van der Waals surface area (Å²) in [7, 11) is 0. The van der Waals surface area contributed by atoms with E-state index in [9.17, 15) is 0 Å². The number of aryl methyl sites for hydroxylation is 1. The van der Waals surface area contributed by atoms with Gasteiger partial charge in [-0.25, -0.2) is 4.98 Å². The Balaban J connectivity index is 1.95. The zero-order chi connectivity index (χ0) is 10.7. The average Bonchev–Trinajstić information content (AvgIpc) is 2.85. The molecule has 1 heterocycles. The first-order chi connectivity index (χ1) is 7.29. The Bertz CT molecular complexity index is 304. The van der Waals surface area contributed by atoms with Crippen molar-refractivity contribution >= 4 is 27.3 Å². The van der Waals surface area contributed by atoms with E-state index in [1.807, 2.05) is 11.3 Å². The maximum Gasteiger partial charge on any atom is 0.0896 e. The molecule has 1 atom stereocenters. The van der Waals surface area contributed by atoms with Crippen LogP contribution in [-0.4, -0.2) is 10.3 Å². The summed E-state index contributed by atoms with van der Waals surface area (Å²) in [5.41, 5.74) is 0. The number of hydrogen-bond donors (Lipinski definition) is 0. The molecule has 0 aromatic carbocycles. The highest BCUT2D eigenvalue weighted by atomic mass is 79.9. The molecule has 0 amide bonds. The highest BCUT2D eigenvalue weighted by Crippen LogP contribution is 2.34. The predicted octanol–water partition coefficient (Wildman–Crippen LogP) is 4.20. The average molecular weight is 288 g/mol. The normalized spacial score (nSPS) is 19.6. The molecule has 1 aliphatic carbocycles. The summed E-state index contributed by atoms with van der Waals surface area (Å²) in [5, 5.41) is 2.35. The summed E-state index contributed by atoms with van der Waals surface area (Å²) in [6, 6.07) is 0. The van der Waals surface area contributed by atoms with Gasteiger partial charge >= 0.3 is 0 Å². The minimum absolute atomic E-state index is 0.826. The topological polar surface area (TPSA) is 12.9 Å². The van der Waals surface area contributed by atoms with Gasteiger partial charge in [0.25, 0.3) is 0 Å². The molecule has 3 heteroatoms. The Morgan fingerprint density at radius 2 is 2.27 bits per heavy atom. The van der Waals surface area contributed by atoms with E-state index in [2.05, 4.69) is 34.0 Å². The minimum Gasteiger partial charge on any atom is -0.250 e. The van der Waals surface area contributed by atoms with E-state index in [1.165, 1.54) is 42.0 Å². The lowest BCUT2D eigenvalue weighted by Crippen LogP contribution is -2.15. The Hall–Kier alpha value is 0.110. The van der Waals surface area contributed by atoms with Crippen molar-refractivity contribution in [2.24, 2.45) is 11.8 Å². The summed E-state index contributed by atoms with van der Waals surface area (Å²) in [6.45, 7) is 2.09. The lowest BCUT2D eigenvalue weighted by molar-refractivity contribution is 0.375. The molecule has 0 radical (unpaired) electrons. The summed E-state index contributed by atoms with van der Waals surface area (Å²) in [6.07, 6.45) is 9.04. The van der Waals surface area contributed by atoms with Crippen molar-refractivity contribution in [3.05, 3.63) is 16.1 Å². The van der Waals surface area contributed by atoms with Gasteiger partial charge in [-0.15, -0.1) is 11.3 Å². The van der Waals surface area contributed by atoms with Gasteiger partial charge in [0.1, 0.15) is 0 Å². The first kappa shape index (κ1) is 11.6. The van der Waals surface area contributed by atoms with Gasteiger partial charge in [-0.2, -0.15) is 0 Å². The maximum atomic E-state index is 4.33. The highest BCUT2D eigenvalue weighted by Gasteiger charge is 2.24. The van der Waals surface area contributed by atoms with E-state index in [-0.39, 0.29) is 0 Å². The third-order valence-electron chi connectivity index (χ3n) is 3.40. The standard InChI is InChI=1S/C12H18BrNS/c1-9-14-8-12(15-9)6-11(7-13)10-4-2-3-5-10/h8,10-11H,2-7H2,1H3. The van der Waals surface area contributed by atoms with Crippen molar-refractivity contribution in [2.75, 3.05) is 5.33 Å². The number of halogens is 1. The molecule has 84 valence electrons. The molecule has 0 spiro atoms. The largest absolute Gasteiger partial charge is 0.250 e. The first-order valence-electron chi connectivity index (χ1n) is 5.77. The van der Waals surface area contributed by atoms with Crippen LogP contribution in [0.1, 0.15) is 35.6 Å². The zero-order valence-electron chi connectivity index (χ0n) is 9.21. The molecule has 1 nitrogen and oxygen atoms in total. The fraction of sp³-hybridized carbons (Fsp3) is 0.750. The summed E-state index contributed by atoms with van der Waals surface area (Å²) < 4.78 is 0. The van der Waals surface area contributed by atoms with Gasteiger partial charge in [0.2, 0.25) is 0 Å². The second-order valence-corrected chi connectivity index (χ2v) is 6.48. The van der Waals surface area contributed by atoms with Gasteiger partial charge in [0.05, 0.1) is 5.01 Å². The second kappa shape index (κ2) is 5.44. The molecular formula is C12H18BrNS. The summed E-state index contributed by atoms with van der Waals surface area (Å²) >= 11 is 5.53. The van der Waals surface area contributed by atoms with Gasteiger partial charge in [0, 0.05) is 16.4 Å². The molecule has 15 heavy (non-hydrogen) atoms. The van der Waals surface area contributed by atoms with Crippen LogP contribution < -0.4 is 0 Å². The molecule has 1 unspecified atom stereocenters. The Kier molecular flexibility index (Phi) is 4.21. The van der Waals surface area contributed by atoms with Crippen molar-refractivity contribution in [3.8, 4) is 0 Å². The molecule has 1 aromatic heterocycles. The van der Waals surface area contributed by atoms with Crippen LogP contribution >= 0.6 is 27.3 Å². The van der Waals surface area contributed by atoms with Crippen LogP contribution in [0.4, 0.5) is 0 Å². The number of thiazole rings is 1. The van der Waals surface area contributed by atoms with Crippen LogP contribution in [0.25, 0.3) is 0 Å². The molecule has 1 aromatic rings. The van der Waals surface area contributed by atoms with E-state index in [0.717, 1.165) is 17.2 Å². The monoisotopic (exact) mass is 287 g/mol. The second-order valence-electron chi connectivity index (χ2n) is 4.51. The molecule has 0 N–H and O–H groups in total. The van der Waals surface area contributed by atoms with Crippen molar-refractivity contribution in [3.63, 3.8) is 0 Å². The minimum atomic E-state index is 0.826. The van der Waals surface area contributed by atoms with Gasteiger partial charge in [-0.3, -0.25) is 0 Å². The summed E-state index contributed by atoms with van der Waals surface area (Å²) in [5.74, 6) is 1.78. The van der Waals surface area contributed by atoms with E-state index in [1.54, 1.807) is 0 Å². The molecule has 1 fully saturated rings. The van der Waals surface area contributed by atoms with E-state index in [4.69, 9.17) is 0 Å². The van der Waals surface area contributed by atoms with Crippen molar-refractivity contribution < 1.29 is 0 Å². The number of alkyl halides is 1. The van der Waals surface area contributed by atoms with Crippen LogP contribution in [0, 0.1) is 18.8 Å². The Morgan fingerprint density at radius 1 is 1.53 bits per heavy atom. The van der Waals surface area contributed by atoms with E-state index >= 15 is 0 Å². The number of hydrogen-bond acceptors (Lipinski definition) is 2. The molecule has 1 aliphatic rings. The van der Waals surface area contributed by atoms with E-state index in [0.29, 0.717) is 0 Å². The Morgan fingerprint density at radius 3 is 2.80 bits per heavy atom. The fourth-order valence-corrected chi connectivity index (χ4v) is 4.18. The SMILES string of the molecule is Cc1ncc(CC(CBr)C2CCCC2)s1. The van der Waals surface area contributed by atoms with E-state index < -0.39 is 0 Å². The fourth-order valence-electron chi connectivity index (χ4n) is 2.53. The van der Waals surface area contributed by atoms with Crippen molar-refractivity contribution in [1.82, 2.24) is 4.98 Å². The molecule has 0 saturated heterocycles. The number of nitrogens with zero attached hydrogens (tertiary/aromatic N) is 1. The van der Waals surface area contributed by atoms with Gasteiger partial charge < -0.3 is 0 Å². The molecule has 0 aliphatic heterocycles. The van der Waals surface area contributed by atoms with Crippen LogP contribution in [-0.2, 0) is 6.42 Å². The van der Waals surface area contributed by atoms with Gasteiger partial charge in [-0.05, 0) is 25.2 Å². The van der Waals surface area contributed by atoms with Gasteiger partial charge in [-0.1, -0.05) is 41.6 Å². The van der Waals surface area contributed by atoms with Gasteiger partial charge in [0.15, 0.2) is 0 Å². The lowest BCUT2D eigenvalue weighted by atomic mass is 9.89. The molecular weight excluding hydrogens is 270 g/mol. The first-order valence-corrected chi connectivity index (χ1v) is 7.70. The maximum absolute atomic E-state index is 4.33. The van der Waals surface area contributed by atoms with Crippen LogP contribution in [0.5, 0.6) is 0 Å². The van der Waals surface area contributed by atoms with Crippen LogP contribution in [0.15, 0.2) is 6.20 Å². The zero-order valence-corrected chi connectivity index (χ0v) is 11.6. The highest BCUT2D eigenvalue weighted by molar-refractivity contribution is 9.09. The third-order valence-corrected chi connectivity index (χ3v) is 5.16. The smallest absolute Gasteiger partial charge is 0.0896 e. The predicted molar refractivity (Wildman–Crippen MR) is 69.8 cm³/mol.